The van der Waals surface area contributed by atoms with Crippen molar-refractivity contribution in [2.75, 3.05) is 39.1 Å². The van der Waals surface area contributed by atoms with Gasteiger partial charge in [-0.2, -0.15) is 0 Å². The number of rotatable bonds is 10. The van der Waals surface area contributed by atoms with E-state index >= 15 is 0 Å². The van der Waals surface area contributed by atoms with Crippen molar-refractivity contribution in [2.24, 2.45) is 0 Å². The van der Waals surface area contributed by atoms with Crippen LogP contribution < -0.4 is 40.2 Å². The van der Waals surface area contributed by atoms with Gasteiger partial charge in [0, 0.05) is 32.2 Å². The van der Waals surface area contributed by atoms with E-state index in [4.69, 9.17) is 43.4 Å². The predicted molar refractivity (Wildman–Crippen MR) is 244 cm³/mol. The average molecular weight is 1040 g/mol. The van der Waals surface area contributed by atoms with Crippen LogP contribution in [0.1, 0.15) is 61.5 Å². The van der Waals surface area contributed by atoms with E-state index in [1.165, 1.54) is 24.3 Å². The fraction of sp³-hybridized carbons (Fsp3) is 0.333. The fourth-order valence-corrected chi connectivity index (χ4v) is 9.34. The molecule has 59 heavy (non-hydrogen) atoms. The summed E-state index contributed by atoms with van der Waals surface area (Å²) in [6.07, 6.45) is 4.62. The first-order chi connectivity index (χ1) is 28.3. The van der Waals surface area contributed by atoms with Crippen LogP contribution in [0.15, 0.2) is 80.1 Å². The lowest BCUT2D eigenvalue weighted by atomic mass is 9.80. The molecule has 17 heteroatoms. The summed E-state index contributed by atoms with van der Waals surface area (Å²) in [5, 5.41) is 12.9. The van der Waals surface area contributed by atoms with E-state index in [2.05, 4.69) is 69.1 Å². The van der Waals surface area contributed by atoms with Crippen LogP contribution in [-0.4, -0.2) is 62.3 Å². The lowest BCUT2D eigenvalue weighted by Crippen LogP contribution is -2.46. The third-order valence-electron chi connectivity index (χ3n) is 9.99. The number of anilines is 2. The number of Topliss-reactive ketones (excluding diaryl/α,β-unsaturated/α-hetero) is 2. The number of hydrogen-bond acceptors (Lipinski definition) is 8. The van der Waals surface area contributed by atoms with Crippen molar-refractivity contribution in [3.63, 3.8) is 0 Å². The Kier molecular flexibility index (Phi) is 16.9. The van der Waals surface area contributed by atoms with Gasteiger partial charge in [0.25, 0.3) is 0 Å². The van der Waals surface area contributed by atoms with E-state index in [9.17, 15) is 18.4 Å². The third kappa shape index (κ3) is 11.7. The van der Waals surface area contributed by atoms with Crippen LogP contribution in [0.3, 0.4) is 0 Å². The quantitative estimate of drug-likeness (QED) is 0.113. The summed E-state index contributed by atoms with van der Waals surface area (Å²) in [5.41, 5.74) is 3.02. The number of nitrogens with one attached hydrogen (secondary N) is 4. The molecule has 0 radical (unpaired) electrons. The van der Waals surface area contributed by atoms with Gasteiger partial charge in [-0.1, -0.05) is 15.9 Å². The van der Waals surface area contributed by atoms with Crippen molar-refractivity contribution in [3.8, 4) is 23.0 Å². The summed E-state index contributed by atoms with van der Waals surface area (Å²) in [7, 11) is 6.27. The second kappa shape index (κ2) is 21.6. The Morgan fingerprint density at radius 3 is 1.46 bits per heavy atom. The Hall–Kier alpha value is -3.90. The van der Waals surface area contributed by atoms with Gasteiger partial charge in [-0.25, -0.2) is 8.78 Å². The molecule has 4 aromatic carbocycles. The number of benzene rings is 4. The van der Waals surface area contributed by atoms with Crippen LogP contribution in [0.4, 0.5) is 20.2 Å². The fourth-order valence-electron chi connectivity index (χ4n) is 7.07. The number of ketones is 2. The molecule has 4 N–H and O–H groups in total. The summed E-state index contributed by atoms with van der Waals surface area (Å²) < 4.78 is 50.0. The van der Waals surface area contributed by atoms with Crippen molar-refractivity contribution in [3.05, 3.63) is 103 Å². The molecule has 4 aromatic rings. The summed E-state index contributed by atoms with van der Waals surface area (Å²) in [4.78, 5) is 26.4. The van der Waals surface area contributed by atoms with Crippen LogP contribution in [0, 0.1) is 11.6 Å². The molecule has 0 saturated heterocycles. The molecule has 0 amide bonds. The zero-order valence-corrected chi connectivity index (χ0v) is 38.9. The van der Waals surface area contributed by atoms with Crippen molar-refractivity contribution < 1.29 is 37.3 Å². The first-order valence-electron chi connectivity index (χ1n) is 18.5. The van der Waals surface area contributed by atoms with E-state index in [-0.39, 0.29) is 35.0 Å². The minimum atomic E-state index is -0.414. The topological polar surface area (TPSA) is 119 Å². The highest BCUT2D eigenvalue weighted by molar-refractivity contribution is 9.13. The molecular formula is C42H43Br3F2N4O6S2. The highest BCUT2D eigenvalue weighted by Crippen LogP contribution is 2.47. The number of halogens is 5. The molecule has 0 spiro atoms. The molecule has 2 aliphatic carbocycles. The van der Waals surface area contributed by atoms with Gasteiger partial charge >= 0.3 is 0 Å². The largest absolute Gasteiger partial charge is 0.493 e. The maximum atomic E-state index is 13.3. The van der Waals surface area contributed by atoms with Crippen molar-refractivity contribution >= 4 is 105 Å². The SMILES string of the molecule is COc1cc(Br)c(C2CCCC(NC(=S)Nc3ccc(F)cc3)C2=O)cc1OC.COc1cc(C2CCCC(NC(=S)Nc3ccc(F)cc3)C2=O)c(Br)c(Br)c1OC. The smallest absolute Gasteiger partial charge is 0.176 e. The van der Waals surface area contributed by atoms with Gasteiger partial charge in [0.15, 0.2) is 44.8 Å². The van der Waals surface area contributed by atoms with Crippen LogP contribution in [0.2, 0.25) is 0 Å². The summed E-state index contributed by atoms with van der Waals surface area (Å²) in [6.45, 7) is 0. The molecule has 2 fully saturated rings. The molecule has 2 saturated carbocycles. The van der Waals surface area contributed by atoms with Crippen LogP contribution in [0.5, 0.6) is 23.0 Å². The van der Waals surface area contributed by atoms with E-state index in [0.29, 0.717) is 61.9 Å². The molecule has 0 aromatic heterocycles. The number of carbonyl (C=O) groups excluding carboxylic acids is 2. The maximum absolute atomic E-state index is 13.3. The van der Waals surface area contributed by atoms with Gasteiger partial charge in [-0.3, -0.25) is 9.59 Å². The standard InChI is InChI=1S/C21H21Br2FN2O3S.C21H22BrFN2O3S/c1-28-16-10-14(17(22)18(23)20(16)29-2)13-4-3-5-15(19(13)27)26-21(30)25-12-8-6-11(24)7-9-12;1-27-18-10-15(16(22)11-19(18)28-2)14-4-3-5-17(20(14)26)25-21(29)24-13-8-6-12(23)7-9-13/h6-10,13,15H,3-5H2,1-2H3,(H2,25,26,30);6-11,14,17H,3-5H2,1-2H3,(H2,24,25,29). The number of hydrogen-bond donors (Lipinski definition) is 4. The molecule has 10 nitrogen and oxygen atoms in total. The minimum absolute atomic E-state index is 0.0596. The first-order valence-corrected chi connectivity index (χ1v) is 21.7. The highest BCUT2D eigenvalue weighted by Gasteiger charge is 2.36. The third-order valence-corrected chi connectivity index (χ3v) is 13.3. The number of carbonyl (C=O) groups is 2. The van der Waals surface area contributed by atoms with E-state index in [0.717, 1.165) is 45.8 Å². The zero-order valence-electron chi connectivity index (χ0n) is 32.6. The van der Waals surface area contributed by atoms with Crippen molar-refractivity contribution in [1.82, 2.24) is 10.6 Å². The normalized spacial score (nSPS) is 18.7. The Morgan fingerprint density at radius 1 is 0.593 bits per heavy atom. The molecule has 314 valence electrons. The van der Waals surface area contributed by atoms with E-state index < -0.39 is 12.1 Å². The maximum Gasteiger partial charge on any atom is 0.176 e. The second-order valence-corrected chi connectivity index (χ2v) is 16.9. The lowest BCUT2D eigenvalue weighted by molar-refractivity contribution is -0.124. The van der Waals surface area contributed by atoms with Gasteiger partial charge in [0.2, 0.25) is 0 Å². The van der Waals surface area contributed by atoms with Crippen molar-refractivity contribution in [2.45, 2.75) is 62.4 Å². The Balaban J connectivity index is 0.000000224. The molecule has 4 atom stereocenters. The number of ether oxygens (including phenoxy) is 4. The average Bonchev–Trinajstić information content (AvgIpc) is 3.22. The molecular weight excluding hydrogens is 998 g/mol. The van der Waals surface area contributed by atoms with E-state index in [1.54, 1.807) is 52.7 Å². The van der Waals surface area contributed by atoms with Crippen LogP contribution in [-0.2, 0) is 9.59 Å². The van der Waals surface area contributed by atoms with Gasteiger partial charge in [0.05, 0.1) is 45.0 Å². The Morgan fingerprint density at radius 2 is 1.02 bits per heavy atom. The molecule has 6 rings (SSSR count). The first kappa shape index (κ1) is 46.2. The summed E-state index contributed by atoms with van der Waals surface area (Å²) in [5.74, 6) is 1.22. The molecule has 0 aliphatic heterocycles. The van der Waals surface area contributed by atoms with E-state index in [1.807, 2.05) is 18.2 Å². The van der Waals surface area contributed by atoms with Crippen LogP contribution in [0.25, 0.3) is 0 Å². The number of thiocarbonyl (C=S) groups is 2. The van der Waals surface area contributed by atoms with Gasteiger partial charge in [-0.15, -0.1) is 0 Å². The molecule has 4 unspecified atom stereocenters. The monoisotopic (exact) mass is 1040 g/mol. The number of methoxy groups -OCH3 is 4. The van der Waals surface area contributed by atoms with Crippen molar-refractivity contribution in [1.29, 1.82) is 0 Å². The summed E-state index contributed by atoms with van der Waals surface area (Å²) in [6, 6.07) is 16.5. The van der Waals surface area contributed by atoms with Gasteiger partial charge in [0.1, 0.15) is 11.6 Å². The van der Waals surface area contributed by atoms with Crippen LogP contribution >= 0.6 is 72.2 Å². The molecule has 2 aliphatic rings. The Labute approximate surface area is 378 Å². The molecule has 0 bridgehead atoms. The zero-order chi connectivity index (χ0) is 42.8. The Bertz CT molecular complexity index is 2170. The predicted octanol–water partition coefficient (Wildman–Crippen LogP) is 10.4. The van der Waals surface area contributed by atoms with Gasteiger partial charge < -0.3 is 40.2 Å². The molecule has 0 heterocycles. The lowest BCUT2D eigenvalue weighted by Gasteiger charge is -2.30. The van der Waals surface area contributed by atoms with Gasteiger partial charge in [-0.05, 0) is 173 Å². The highest BCUT2D eigenvalue weighted by atomic mass is 79.9. The second-order valence-electron chi connectivity index (χ2n) is 13.6. The summed E-state index contributed by atoms with van der Waals surface area (Å²) >= 11 is 21.4. The minimum Gasteiger partial charge on any atom is -0.493 e.